The Kier molecular flexibility index (Phi) is 3.88. The van der Waals surface area contributed by atoms with Gasteiger partial charge in [0.25, 0.3) is 0 Å². The van der Waals surface area contributed by atoms with Crippen LogP contribution in [0.4, 0.5) is 4.39 Å². The molecule has 0 unspecified atom stereocenters. The van der Waals surface area contributed by atoms with Gasteiger partial charge >= 0.3 is 0 Å². The number of nitrogens with zero attached hydrogens (tertiary/aromatic N) is 1. The van der Waals surface area contributed by atoms with Crippen molar-refractivity contribution in [1.29, 1.82) is 0 Å². The predicted molar refractivity (Wildman–Crippen MR) is 87.1 cm³/mol. The summed E-state index contributed by atoms with van der Waals surface area (Å²) in [6, 6.07) is 12.3. The van der Waals surface area contributed by atoms with Crippen LogP contribution < -0.4 is 14.8 Å². The van der Waals surface area contributed by atoms with Crippen LogP contribution in [0.1, 0.15) is 11.1 Å². The van der Waals surface area contributed by atoms with Crippen LogP contribution in [0, 0.1) is 5.82 Å². The summed E-state index contributed by atoms with van der Waals surface area (Å²) in [5.74, 6) is 1.28. The maximum Gasteiger partial charge on any atom is 0.231 e. The van der Waals surface area contributed by atoms with Crippen LogP contribution in [0.2, 0.25) is 0 Å². The van der Waals surface area contributed by atoms with E-state index in [9.17, 15) is 4.39 Å². The van der Waals surface area contributed by atoms with Crippen molar-refractivity contribution in [3.05, 3.63) is 65.6 Å². The van der Waals surface area contributed by atoms with Gasteiger partial charge in [0.2, 0.25) is 6.79 Å². The Morgan fingerprint density at radius 1 is 1.04 bits per heavy atom. The summed E-state index contributed by atoms with van der Waals surface area (Å²) in [7, 11) is 0. The van der Waals surface area contributed by atoms with Gasteiger partial charge in [0.1, 0.15) is 5.82 Å². The fourth-order valence-corrected chi connectivity index (χ4v) is 2.69. The minimum atomic E-state index is -0.223. The zero-order valence-electron chi connectivity index (χ0n) is 12.9. The summed E-state index contributed by atoms with van der Waals surface area (Å²) in [5, 5.41) is 10.5. The molecule has 1 aromatic heterocycles. The number of rotatable bonds is 5. The molecule has 0 radical (unpaired) electrons. The van der Waals surface area contributed by atoms with Gasteiger partial charge in [-0.3, -0.25) is 5.10 Å². The molecule has 24 heavy (non-hydrogen) atoms. The minimum Gasteiger partial charge on any atom is -0.454 e. The van der Waals surface area contributed by atoms with Gasteiger partial charge < -0.3 is 14.8 Å². The van der Waals surface area contributed by atoms with E-state index < -0.39 is 0 Å². The fourth-order valence-electron chi connectivity index (χ4n) is 2.69. The monoisotopic (exact) mass is 325 g/mol. The number of halogens is 1. The van der Waals surface area contributed by atoms with E-state index in [4.69, 9.17) is 9.47 Å². The van der Waals surface area contributed by atoms with Crippen molar-refractivity contribution in [3.63, 3.8) is 0 Å². The minimum absolute atomic E-state index is 0.223. The van der Waals surface area contributed by atoms with Crippen molar-refractivity contribution in [2.24, 2.45) is 0 Å². The SMILES string of the molecule is Fc1ccc(CNCc2cn[nH]c2-c2ccc3c(c2)OCO3)cc1. The number of hydrogen-bond donors (Lipinski definition) is 2. The average Bonchev–Trinajstić information content (AvgIpc) is 3.24. The lowest BCUT2D eigenvalue weighted by Gasteiger charge is -2.07. The van der Waals surface area contributed by atoms with Gasteiger partial charge in [0.15, 0.2) is 11.5 Å². The molecule has 0 saturated carbocycles. The molecule has 0 bridgehead atoms. The number of H-pyrrole nitrogens is 1. The fraction of sp³-hybridized carbons (Fsp3) is 0.167. The van der Waals surface area contributed by atoms with Gasteiger partial charge in [-0.2, -0.15) is 5.10 Å². The molecular formula is C18H16FN3O2. The third-order valence-corrected chi connectivity index (χ3v) is 3.94. The van der Waals surface area contributed by atoms with E-state index >= 15 is 0 Å². The molecule has 3 aromatic rings. The number of benzene rings is 2. The lowest BCUT2D eigenvalue weighted by molar-refractivity contribution is 0.174. The molecule has 0 aliphatic carbocycles. The first kappa shape index (κ1) is 14.7. The lowest BCUT2D eigenvalue weighted by Crippen LogP contribution is -2.12. The normalized spacial score (nSPS) is 12.5. The van der Waals surface area contributed by atoms with Crippen LogP contribution in [0.5, 0.6) is 11.5 Å². The van der Waals surface area contributed by atoms with Crippen molar-refractivity contribution in [2.75, 3.05) is 6.79 Å². The second-order valence-electron chi connectivity index (χ2n) is 5.57. The smallest absolute Gasteiger partial charge is 0.231 e. The summed E-state index contributed by atoms with van der Waals surface area (Å²) in [6.45, 7) is 1.57. The average molecular weight is 325 g/mol. The maximum absolute atomic E-state index is 12.9. The zero-order valence-corrected chi connectivity index (χ0v) is 12.9. The van der Waals surface area contributed by atoms with Crippen LogP contribution >= 0.6 is 0 Å². The Bertz CT molecular complexity index is 846. The summed E-state index contributed by atoms with van der Waals surface area (Å²) in [6.07, 6.45) is 1.80. The van der Waals surface area contributed by atoms with Crippen molar-refractivity contribution in [3.8, 4) is 22.8 Å². The topological polar surface area (TPSA) is 59.2 Å². The van der Waals surface area contributed by atoms with E-state index in [1.807, 2.05) is 18.2 Å². The highest BCUT2D eigenvalue weighted by atomic mass is 19.1. The number of fused-ring (bicyclic) bond motifs is 1. The van der Waals surface area contributed by atoms with E-state index in [1.54, 1.807) is 18.3 Å². The van der Waals surface area contributed by atoms with Crippen molar-refractivity contribution >= 4 is 0 Å². The highest BCUT2D eigenvalue weighted by Gasteiger charge is 2.16. The Balaban J connectivity index is 1.45. The van der Waals surface area contributed by atoms with E-state index in [1.165, 1.54) is 12.1 Å². The Morgan fingerprint density at radius 2 is 1.88 bits per heavy atom. The molecule has 5 nitrogen and oxygen atoms in total. The van der Waals surface area contributed by atoms with Gasteiger partial charge in [0.05, 0.1) is 11.9 Å². The van der Waals surface area contributed by atoms with Gasteiger partial charge in [-0.15, -0.1) is 0 Å². The van der Waals surface area contributed by atoms with Gasteiger partial charge in [0, 0.05) is 24.2 Å². The maximum atomic E-state index is 12.9. The Labute approximate surface area is 138 Å². The molecule has 1 aliphatic rings. The molecule has 2 heterocycles. The van der Waals surface area contributed by atoms with Crippen molar-refractivity contribution < 1.29 is 13.9 Å². The summed E-state index contributed by atoms with van der Waals surface area (Å²) >= 11 is 0. The van der Waals surface area contributed by atoms with Crippen LogP contribution in [-0.4, -0.2) is 17.0 Å². The van der Waals surface area contributed by atoms with E-state index in [-0.39, 0.29) is 12.6 Å². The van der Waals surface area contributed by atoms with Crippen LogP contribution in [0.3, 0.4) is 0 Å². The highest BCUT2D eigenvalue weighted by Crippen LogP contribution is 2.36. The Hall–Kier alpha value is -2.86. The standard InChI is InChI=1S/C18H16FN3O2/c19-15-4-1-12(2-5-15)8-20-9-14-10-21-22-18(14)13-3-6-16-17(7-13)24-11-23-16/h1-7,10,20H,8-9,11H2,(H,21,22). The third-order valence-electron chi connectivity index (χ3n) is 3.94. The highest BCUT2D eigenvalue weighted by molar-refractivity contribution is 5.66. The molecule has 0 atom stereocenters. The van der Waals surface area contributed by atoms with E-state index in [2.05, 4.69) is 15.5 Å². The third kappa shape index (κ3) is 2.96. The second-order valence-corrected chi connectivity index (χ2v) is 5.57. The molecule has 0 spiro atoms. The number of aromatic nitrogens is 2. The molecule has 2 aromatic carbocycles. The predicted octanol–water partition coefficient (Wildman–Crippen LogP) is 3.23. The molecule has 4 rings (SSSR count). The van der Waals surface area contributed by atoms with Gasteiger partial charge in [-0.1, -0.05) is 12.1 Å². The van der Waals surface area contributed by atoms with Crippen molar-refractivity contribution in [1.82, 2.24) is 15.5 Å². The number of ether oxygens (including phenoxy) is 2. The molecule has 6 heteroatoms. The largest absolute Gasteiger partial charge is 0.454 e. The molecule has 0 amide bonds. The molecule has 2 N–H and O–H groups in total. The van der Waals surface area contributed by atoms with E-state index in [0.29, 0.717) is 13.1 Å². The summed E-state index contributed by atoms with van der Waals surface area (Å²) in [4.78, 5) is 0. The summed E-state index contributed by atoms with van der Waals surface area (Å²) in [5.41, 5.74) is 4.02. The lowest BCUT2D eigenvalue weighted by atomic mass is 10.1. The molecular weight excluding hydrogens is 309 g/mol. The second kappa shape index (κ2) is 6.33. The van der Waals surface area contributed by atoms with Crippen LogP contribution in [0.15, 0.2) is 48.7 Å². The number of aromatic amines is 1. The first-order chi connectivity index (χ1) is 11.8. The van der Waals surface area contributed by atoms with Gasteiger partial charge in [-0.25, -0.2) is 4.39 Å². The number of nitrogens with one attached hydrogen (secondary N) is 2. The molecule has 0 saturated heterocycles. The first-order valence-electron chi connectivity index (χ1n) is 7.67. The van der Waals surface area contributed by atoms with Crippen molar-refractivity contribution in [2.45, 2.75) is 13.1 Å². The van der Waals surface area contributed by atoms with Gasteiger partial charge in [-0.05, 0) is 35.9 Å². The molecule has 0 fully saturated rings. The van der Waals surface area contributed by atoms with Crippen LogP contribution in [-0.2, 0) is 13.1 Å². The quantitative estimate of drug-likeness (QED) is 0.756. The molecule has 122 valence electrons. The first-order valence-corrected chi connectivity index (χ1v) is 7.67. The van der Waals surface area contributed by atoms with E-state index in [0.717, 1.165) is 33.9 Å². The Morgan fingerprint density at radius 3 is 2.75 bits per heavy atom. The molecule has 1 aliphatic heterocycles. The van der Waals surface area contributed by atoms with Crippen LogP contribution in [0.25, 0.3) is 11.3 Å². The summed E-state index contributed by atoms with van der Waals surface area (Å²) < 4.78 is 23.7. The zero-order chi connectivity index (χ0) is 16.4. The number of hydrogen-bond acceptors (Lipinski definition) is 4.